The van der Waals surface area contributed by atoms with Gasteiger partial charge in [0.05, 0.1) is 6.42 Å². The maximum absolute atomic E-state index is 12.8. The van der Waals surface area contributed by atoms with Crippen LogP contribution in [0.3, 0.4) is 0 Å². The third kappa shape index (κ3) is 48.8. The van der Waals surface area contributed by atoms with Crippen LogP contribution in [0.15, 0.2) is 122 Å². The molecule has 0 heterocycles. The standard InChI is InChI=1S/C58H92O6/c1-4-7-10-13-16-19-21-23-25-27-29-31-32-34-36-39-42-45-48-51-57(60)63-54-55(53-62-56(59)50-47-44-41-38-18-15-12-9-6-3)64-58(61)52-49-46-43-40-37-35-33-30-28-26-24-22-20-17-14-11-8-5-2/h7,9-10,12,16-20,22-26,28,30,33,38,44,47,55H,4-6,8,11,13-15,21,27,29,31-32,34-37,39-43,45-46,48-54H2,1-3H3/b10-7-,12-9-,19-16-,20-17-,24-22-,25-23-,28-26-,33-30-,38-18-,47-44-. The Kier molecular flexibility index (Phi) is 48.1. The van der Waals surface area contributed by atoms with Gasteiger partial charge in [0.1, 0.15) is 13.2 Å². The molecule has 0 aromatic heterocycles. The normalized spacial score (nSPS) is 13.1. The fourth-order valence-electron chi connectivity index (χ4n) is 6.53. The van der Waals surface area contributed by atoms with E-state index in [0.29, 0.717) is 6.42 Å². The van der Waals surface area contributed by atoms with Gasteiger partial charge >= 0.3 is 17.9 Å². The molecule has 0 amide bonds. The van der Waals surface area contributed by atoms with Gasteiger partial charge in [0.25, 0.3) is 0 Å². The van der Waals surface area contributed by atoms with Gasteiger partial charge in [-0.05, 0) is 89.9 Å². The van der Waals surface area contributed by atoms with Crippen LogP contribution in [0.5, 0.6) is 0 Å². The van der Waals surface area contributed by atoms with Crippen LogP contribution in [0.25, 0.3) is 0 Å². The summed E-state index contributed by atoms with van der Waals surface area (Å²) >= 11 is 0. The number of esters is 3. The Morgan fingerprint density at radius 2 is 0.734 bits per heavy atom. The first-order valence-electron chi connectivity index (χ1n) is 25.6. The fraction of sp³-hybridized carbons (Fsp3) is 0.603. The number of hydrogen-bond donors (Lipinski definition) is 0. The summed E-state index contributed by atoms with van der Waals surface area (Å²) in [5, 5.41) is 0. The highest BCUT2D eigenvalue weighted by Gasteiger charge is 2.19. The van der Waals surface area contributed by atoms with Crippen LogP contribution in [0.4, 0.5) is 0 Å². The molecular weight excluding hydrogens is 793 g/mol. The summed E-state index contributed by atoms with van der Waals surface area (Å²) in [5.74, 6) is -1.09. The second-order valence-corrected chi connectivity index (χ2v) is 16.4. The molecule has 0 saturated carbocycles. The van der Waals surface area contributed by atoms with Crippen LogP contribution < -0.4 is 0 Å². The first kappa shape index (κ1) is 59.8. The molecule has 0 aromatic rings. The Morgan fingerprint density at radius 3 is 1.23 bits per heavy atom. The van der Waals surface area contributed by atoms with E-state index >= 15 is 0 Å². The monoisotopic (exact) mass is 885 g/mol. The van der Waals surface area contributed by atoms with E-state index in [1.165, 1.54) is 57.8 Å². The van der Waals surface area contributed by atoms with Crippen LogP contribution in [0, 0.1) is 0 Å². The number of carbonyl (C=O) groups is 3. The van der Waals surface area contributed by atoms with Crippen LogP contribution in [-0.4, -0.2) is 37.2 Å². The number of rotatable bonds is 44. The van der Waals surface area contributed by atoms with Crippen molar-refractivity contribution >= 4 is 17.9 Å². The van der Waals surface area contributed by atoms with Crippen LogP contribution in [0.2, 0.25) is 0 Å². The lowest BCUT2D eigenvalue weighted by Crippen LogP contribution is -2.30. The minimum absolute atomic E-state index is 0.121. The van der Waals surface area contributed by atoms with E-state index in [-0.39, 0.29) is 38.0 Å². The Balaban J connectivity index is 4.44. The predicted molar refractivity (Wildman–Crippen MR) is 274 cm³/mol. The van der Waals surface area contributed by atoms with E-state index in [1.807, 2.05) is 6.08 Å². The number of unbranched alkanes of at least 4 members (excludes halogenated alkanes) is 17. The van der Waals surface area contributed by atoms with Gasteiger partial charge in [0, 0.05) is 12.8 Å². The van der Waals surface area contributed by atoms with Crippen molar-refractivity contribution in [3.63, 3.8) is 0 Å². The molecule has 0 aliphatic carbocycles. The van der Waals surface area contributed by atoms with Crippen molar-refractivity contribution in [1.82, 2.24) is 0 Å². The zero-order chi connectivity index (χ0) is 46.5. The van der Waals surface area contributed by atoms with E-state index in [0.717, 1.165) is 109 Å². The molecule has 6 heteroatoms. The maximum atomic E-state index is 12.8. The molecule has 0 aliphatic heterocycles. The third-order valence-electron chi connectivity index (χ3n) is 10.3. The molecule has 6 nitrogen and oxygen atoms in total. The van der Waals surface area contributed by atoms with E-state index in [4.69, 9.17) is 14.2 Å². The van der Waals surface area contributed by atoms with Gasteiger partial charge in [0.15, 0.2) is 6.10 Å². The summed E-state index contributed by atoms with van der Waals surface area (Å²) in [5.41, 5.74) is 0. The van der Waals surface area contributed by atoms with Crippen molar-refractivity contribution in [1.29, 1.82) is 0 Å². The highest BCUT2D eigenvalue weighted by molar-refractivity contribution is 5.72. The maximum Gasteiger partial charge on any atom is 0.309 e. The van der Waals surface area contributed by atoms with Gasteiger partial charge in [-0.15, -0.1) is 0 Å². The molecular formula is C58H92O6. The Morgan fingerprint density at radius 1 is 0.359 bits per heavy atom. The summed E-state index contributed by atoms with van der Waals surface area (Å²) in [6.07, 6.45) is 70.7. The summed E-state index contributed by atoms with van der Waals surface area (Å²) < 4.78 is 16.6. The molecule has 360 valence electrons. The van der Waals surface area contributed by atoms with Crippen LogP contribution >= 0.6 is 0 Å². The molecule has 0 fully saturated rings. The lowest BCUT2D eigenvalue weighted by atomic mass is 10.1. The predicted octanol–water partition coefficient (Wildman–Crippen LogP) is 16.9. The van der Waals surface area contributed by atoms with Crippen molar-refractivity contribution < 1.29 is 28.6 Å². The molecule has 1 unspecified atom stereocenters. The molecule has 0 bridgehead atoms. The number of carbonyl (C=O) groups excluding carboxylic acids is 3. The largest absolute Gasteiger partial charge is 0.462 e. The second-order valence-electron chi connectivity index (χ2n) is 16.4. The quantitative estimate of drug-likeness (QED) is 0.0199. The van der Waals surface area contributed by atoms with E-state index in [1.54, 1.807) is 6.08 Å². The Bertz CT molecular complexity index is 1390. The molecule has 0 aliphatic rings. The first-order chi connectivity index (χ1) is 31.5. The molecule has 0 rings (SSSR count). The van der Waals surface area contributed by atoms with Crippen LogP contribution in [-0.2, 0) is 28.6 Å². The zero-order valence-corrected chi connectivity index (χ0v) is 41.0. The number of allylic oxidation sites excluding steroid dienone is 19. The summed E-state index contributed by atoms with van der Waals surface area (Å²) in [6.45, 7) is 6.23. The van der Waals surface area contributed by atoms with E-state index in [9.17, 15) is 14.4 Å². The second kappa shape index (κ2) is 51.4. The fourth-order valence-corrected chi connectivity index (χ4v) is 6.53. The minimum Gasteiger partial charge on any atom is -0.462 e. The average Bonchev–Trinajstić information content (AvgIpc) is 3.29. The van der Waals surface area contributed by atoms with Gasteiger partial charge in [-0.3, -0.25) is 14.4 Å². The highest BCUT2D eigenvalue weighted by atomic mass is 16.6. The summed E-state index contributed by atoms with van der Waals surface area (Å²) in [7, 11) is 0. The molecule has 64 heavy (non-hydrogen) atoms. The molecule has 1 atom stereocenters. The van der Waals surface area contributed by atoms with Crippen molar-refractivity contribution in [2.45, 2.75) is 213 Å². The van der Waals surface area contributed by atoms with E-state index < -0.39 is 12.1 Å². The van der Waals surface area contributed by atoms with Crippen molar-refractivity contribution in [3.8, 4) is 0 Å². The number of ether oxygens (including phenoxy) is 3. The number of hydrogen-bond acceptors (Lipinski definition) is 6. The lowest BCUT2D eigenvalue weighted by molar-refractivity contribution is -0.166. The summed E-state index contributed by atoms with van der Waals surface area (Å²) in [4.78, 5) is 37.8. The molecule has 0 N–H and O–H groups in total. The highest BCUT2D eigenvalue weighted by Crippen LogP contribution is 2.13. The average molecular weight is 885 g/mol. The van der Waals surface area contributed by atoms with Crippen LogP contribution in [0.1, 0.15) is 207 Å². The van der Waals surface area contributed by atoms with Gasteiger partial charge < -0.3 is 14.2 Å². The smallest absolute Gasteiger partial charge is 0.309 e. The Labute approximate surface area is 392 Å². The molecule has 0 aromatic carbocycles. The minimum atomic E-state index is -0.831. The topological polar surface area (TPSA) is 78.9 Å². The van der Waals surface area contributed by atoms with Gasteiger partial charge in [-0.25, -0.2) is 0 Å². The summed E-state index contributed by atoms with van der Waals surface area (Å²) in [6, 6.07) is 0. The van der Waals surface area contributed by atoms with Gasteiger partial charge in [-0.1, -0.05) is 219 Å². The third-order valence-corrected chi connectivity index (χ3v) is 10.3. The molecule has 0 radical (unpaired) electrons. The van der Waals surface area contributed by atoms with Gasteiger partial charge in [0.2, 0.25) is 0 Å². The SMILES string of the molecule is CC/C=C\C/C=C\C/C=C\CCCCCCCCCCCC(=O)OCC(COC(=O)C/C=C\C/C=C\C/C=C\CC)OC(=O)CCCCCCC\C=C/C=C\C=C/C=C\CCCCC. The molecule has 0 spiro atoms. The first-order valence-corrected chi connectivity index (χ1v) is 25.6. The van der Waals surface area contributed by atoms with E-state index in [2.05, 4.69) is 130 Å². The zero-order valence-electron chi connectivity index (χ0n) is 41.0. The van der Waals surface area contributed by atoms with Crippen molar-refractivity contribution in [2.75, 3.05) is 13.2 Å². The molecule has 0 saturated heterocycles. The Hall–Kier alpha value is -4.19. The van der Waals surface area contributed by atoms with Gasteiger partial charge in [-0.2, -0.15) is 0 Å². The van der Waals surface area contributed by atoms with Crippen molar-refractivity contribution in [3.05, 3.63) is 122 Å². The lowest BCUT2D eigenvalue weighted by Gasteiger charge is -2.18. The van der Waals surface area contributed by atoms with Crippen molar-refractivity contribution in [2.24, 2.45) is 0 Å².